The monoisotopic (exact) mass is 269 g/mol. The van der Waals surface area contributed by atoms with Crippen LogP contribution in [0.4, 0.5) is 0 Å². The van der Waals surface area contributed by atoms with E-state index in [2.05, 4.69) is 0 Å². The van der Waals surface area contributed by atoms with Crippen LogP contribution in [0.5, 0.6) is 0 Å². The highest BCUT2D eigenvalue weighted by Gasteiger charge is 2.14. The predicted molar refractivity (Wildman–Crippen MR) is 73.1 cm³/mol. The molecule has 0 saturated carbocycles. The van der Waals surface area contributed by atoms with Crippen LogP contribution in [0.25, 0.3) is 0 Å². The van der Waals surface area contributed by atoms with E-state index in [0.717, 1.165) is 4.90 Å². The molecule has 0 aliphatic heterocycles. The number of thioether (sulfide) groups is 1. The third kappa shape index (κ3) is 4.33. The summed E-state index contributed by atoms with van der Waals surface area (Å²) >= 11 is 1.64. The van der Waals surface area contributed by atoms with Gasteiger partial charge in [0.25, 0.3) is 5.91 Å². The van der Waals surface area contributed by atoms with Crippen molar-refractivity contribution in [3.8, 4) is 0 Å². The van der Waals surface area contributed by atoms with Gasteiger partial charge in [-0.3, -0.25) is 4.79 Å². The second-order valence-corrected chi connectivity index (χ2v) is 4.62. The molecule has 1 amide bonds. The van der Waals surface area contributed by atoms with Crippen LogP contribution < -0.4 is 0 Å². The molecular formula is C13H19NO3S. The summed E-state index contributed by atoms with van der Waals surface area (Å²) in [5.74, 6) is -0.0752. The quantitative estimate of drug-likeness (QED) is 0.762. The van der Waals surface area contributed by atoms with Gasteiger partial charge < -0.3 is 14.7 Å². The number of aliphatic hydroxyl groups excluding tert-OH is 1. The molecule has 0 heterocycles. The van der Waals surface area contributed by atoms with Crippen molar-refractivity contribution in [1.82, 2.24) is 4.90 Å². The third-order valence-electron chi connectivity index (χ3n) is 2.56. The Kier molecular flexibility index (Phi) is 6.78. The predicted octanol–water partition coefficient (Wildman–Crippen LogP) is 1.49. The van der Waals surface area contributed by atoms with Gasteiger partial charge in [-0.05, 0) is 30.5 Å². The topological polar surface area (TPSA) is 49.8 Å². The zero-order chi connectivity index (χ0) is 13.4. The van der Waals surface area contributed by atoms with Crippen molar-refractivity contribution in [3.05, 3.63) is 29.8 Å². The number of ether oxygens (including phenoxy) is 1. The van der Waals surface area contributed by atoms with Gasteiger partial charge in [0.2, 0.25) is 0 Å². The number of carbonyl (C=O) groups is 1. The van der Waals surface area contributed by atoms with Crippen molar-refractivity contribution in [2.24, 2.45) is 0 Å². The molecule has 0 atom stereocenters. The van der Waals surface area contributed by atoms with Gasteiger partial charge in [0.15, 0.2) is 0 Å². The summed E-state index contributed by atoms with van der Waals surface area (Å²) in [5.41, 5.74) is 0.636. The summed E-state index contributed by atoms with van der Waals surface area (Å²) in [6.07, 6.45) is 1.99. The van der Waals surface area contributed by atoms with E-state index in [1.54, 1.807) is 23.8 Å². The lowest BCUT2D eigenvalue weighted by Gasteiger charge is -2.21. The average Bonchev–Trinajstić information content (AvgIpc) is 2.43. The van der Waals surface area contributed by atoms with E-state index < -0.39 is 0 Å². The fourth-order valence-electron chi connectivity index (χ4n) is 1.55. The standard InChI is InChI=1S/C13H19NO3S/c1-17-10-8-14(7-9-15)13(16)11-3-5-12(18-2)6-4-11/h3-6,15H,7-10H2,1-2H3. The molecule has 100 valence electrons. The zero-order valence-corrected chi connectivity index (χ0v) is 11.6. The van der Waals surface area contributed by atoms with E-state index in [1.165, 1.54) is 0 Å². The molecule has 0 spiro atoms. The average molecular weight is 269 g/mol. The summed E-state index contributed by atoms with van der Waals surface area (Å²) in [7, 11) is 1.59. The number of carbonyl (C=O) groups excluding carboxylic acids is 1. The molecule has 1 aromatic rings. The summed E-state index contributed by atoms with van der Waals surface area (Å²) in [4.78, 5) is 14.9. The number of amides is 1. The molecule has 0 unspecified atom stereocenters. The van der Waals surface area contributed by atoms with Crippen LogP contribution in [0.1, 0.15) is 10.4 Å². The minimum Gasteiger partial charge on any atom is -0.395 e. The molecular weight excluding hydrogens is 250 g/mol. The molecule has 0 aliphatic rings. The van der Waals surface area contributed by atoms with Crippen LogP contribution in [-0.4, -0.2) is 55.6 Å². The largest absolute Gasteiger partial charge is 0.395 e. The first-order valence-electron chi connectivity index (χ1n) is 5.76. The minimum absolute atomic E-state index is 0.0433. The van der Waals surface area contributed by atoms with E-state index in [1.807, 2.05) is 30.5 Å². The summed E-state index contributed by atoms with van der Waals surface area (Å²) < 4.78 is 4.96. The number of nitrogens with zero attached hydrogens (tertiary/aromatic N) is 1. The van der Waals surface area contributed by atoms with Crippen molar-refractivity contribution in [2.45, 2.75) is 4.90 Å². The lowest BCUT2D eigenvalue weighted by Crippen LogP contribution is -2.36. The Hall–Kier alpha value is -1.04. The van der Waals surface area contributed by atoms with Crippen LogP contribution in [0.2, 0.25) is 0 Å². The molecule has 18 heavy (non-hydrogen) atoms. The maximum absolute atomic E-state index is 12.2. The molecule has 0 fully saturated rings. The van der Waals surface area contributed by atoms with Crippen LogP contribution in [0, 0.1) is 0 Å². The molecule has 0 aromatic heterocycles. The Morgan fingerprint density at radius 2 is 2.00 bits per heavy atom. The lowest BCUT2D eigenvalue weighted by molar-refractivity contribution is 0.0656. The highest BCUT2D eigenvalue weighted by molar-refractivity contribution is 7.98. The van der Waals surface area contributed by atoms with E-state index in [9.17, 15) is 4.79 Å². The summed E-state index contributed by atoms with van der Waals surface area (Å²) in [6.45, 7) is 1.24. The van der Waals surface area contributed by atoms with Gasteiger partial charge in [-0.25, -0.2) is 0 Å². The Bertz CT molecular complexity index is 367. The molecule has 0 radical (unpaired) electrons. The van der Waals surface area contributed by atoms with Crippen molar-refractivity contribution in [3.63, 3.8) is 0 Å². The van der Waals surface area contributed by atoms with E-state index in [0.29, 0.717) is 25.3 Å². The molecule has 4 nitrogen and oxygen atoms in total. The van der Waals surface area contributed by atoms with Gasteiger partial charge in [0.05, 0.1) is 13.2 Å². The second kappa shape index (κ2) is 8.13. The molecule has 1 N–H and O–H groups in total. The summed E-state index contributed by atoms with van der Waals surface area (Å²) in [6, 6.07) is 7.47. The smallest absolute Gasteiger partial charge is 0.254 e. The Morgan fingerprint density at radius 1 is 1.33 bits per heavy atom. The fourth-order valence-corrected chi connectivity index (χ4v) is 1.96. The van der Waals surface area contributed by atoms with E-state index in [4.69, 9.17) is 9.84 Å². The Labute approximate surface area is 112 Å². The van der Waals surface area contributed by atoms with Gasteiger partial charge in [0.1, 0.15) is 0 Å². The van der Waals surface area contributed by atoms with E-state index in [-0.39, 0.29) is 12.5 Å². The number of rotatable bonds is 7. The second-order valence-electron chi connectivity index (χ2n) is 3.74. The first-order valence-corrected chi connectivity index (χ1v) is 6.98. The van der Waals surface area contributed by atoms with Gasteiger partial charge in [-0.1, -0.05) is 0 Å². The van der Waals surface area contributed by atoms with Crippen LogP contribution in [0.15, 0.2) is 29.2 Å². The number of methoxy groups -OCH3 is 1. The first-order chi connectivity index (χ1) is 8.72. The zero-order valence-electron chi connectivity index (χ0n) is 10.8. The summed E-state index contributed by atoms with van der Waals surface area (Å²) in [5, 5.41) is 8.98. The third-order valence-corrected chi connectivity index (χ3v) is 3.30. The molecule has 1 rings (SSSR count). The first kappa shape index (κ1) is 15.0. The van der Waals surface area contributed by atoms with Gasteiger partial charge in [0, 0.05) is 30.7 Å². The highest BCUT2D eigenvalue weighted by atomic mass is 32.2. The number of hydrogen-bond donors (Lipinski definition) is 1. The van der Waals surface area contributed by atoms with Gasteiger partial charge in [-0.15, -0.1) is 11.8 Å². The SMILES string of the molecule is COCCN(CCO)C(=O)c1ccc(SC)cc1. The molecule has 0 bridgehead atoms. The van der Waals surface area contributed by atoms with Gasteiger partial charge >= 0.3 is 0 Å². The maximum atomic E-state index is 12.2. The lowest BCUT2D eigenvalue weighted by atomic mass is 10.2. The molecule has 1 aromatic carbocycles. The van der Waals surface area contributed by atoms with Crippen molar-refractivity contribution in [1.29, 1.82) is 0 Å². The van der Waals surface area contributed by atoms with Crippen molar-refractivity contribution < 1.29 is 14.6 Å². The normalized spacial score (nSPS) is 10.4. The fraction of sp³-hybridized carbons (Fsp3) is 0.462. The van der Waals surface area contributed by atoms with E-state index >= 15 is 0 Å². The van der Waals surface area contributed by atoms with Gasteiger partial charge in [-0.2, -0.15) is 0 Å². The Balaban J connectivity index is 2.73. The van der Waals surface area contributed by atoms with Crippen LogP contribution >= 0.6 is 11.8 Å². The van der Waals surface area contributed by atoms with Crippen molar-refractivity contribution >= 4 is 17.7 Å². The van der Waals surface area contributed by atoms with Crippen molar-refractivity contribution in [2.75, 3.05) is 39.7 Å². The highest BCUT2D eigenvalue weighted by Crippen LogP contribution is 2.15. The van der Waals surface area contributed by atoms with Crippen LogP contribution in [0.3, 0.4) is 0 Å². The minimum atomic E-state index is -0.0752. The Morgan fingerprint density at radius 3 is 2.50 bits per heavy atom. The number of aliphatic hydroxyl groups is 1. The number of hydrogen-bond acceptors (Lipinski definition) is 4. The van der Waals surface area contributed by atoms with Crippen LogP contribution in [-0.2, 0) is 4.74 Å². The molecule has 5 heteroatoms. The molecule has 0 saturated heterocycles. The molecule has 0 aliphatic carbocycles. The maximum Gasteiger partial charge on any atom is 0.254 e. The number of benzene rings is 1.